The monoisotopic (exact) mass is 246 g/mol. The molecule has 92 valence electrons. The van der Waals surface area contributed by atoms with Gasteiger partial charge in [0.1, 0.15) is 5.82 Å². The van der Waals surface area contributed by atoms with Crippen molar-refractivity contribution < 1.29 is 9.18 Å². The number of H-pyrrole nitrogens is 1. The van der Waals surface area contributed by atoms with Crippen molar-refractivity contribution in [3.63, 3.8) is 0 Å². The Morgan fingerprint density at radius 2 is 2.11 bits per heavy atom. The number of hydrogen-bond acceptors (Lipinski definition) is 2. The third-order valence-electron chi connectivity index (χ3n) is 2.50. The summed E-state index contributed by atoms with van der Waals surface area (Å²) >= 11 is 0. The van der Waals surface area contributed by atoms with Crippen LogP contribution in [0.1, 0.15) is 15.9 Å². The van der Waals surface area contributed by atoms with Crippen LogP contribution < -0.4 is 10.9 Å². The zero-order chi connectivity index (χ0) is 13.1. The normalized spacial score (nSPS) is 10.1. The largest absolute Gasteiger partial charge is 0.329 e. The van der Waals surface area contributed by atoms with Gasteiger partial charge in [0.2, 0.25) is 5.56 Å². The summed E-state index contributed by atoms with van der Waals surface area (Å²) in [6, 6.07) is 7.13. The SMILES string of the molecule is Cc1cccc(F)c1NC(=O)c1cc[nH]c(=O)c1. The first-order valence-corrected chi connectivity index (χ1v) is 5.33. The molecule has 0 aliphatic heterocycles. The lowest BCUT2D eigenvalue weighted by molar-refractivity contribution is 0.102. The molecular formula is C13H11FN2O2. The van der Waals surface area contributed by atoms with E-state index in [1.54, 1.807) is 19.1 Å². The van der Waals surface area contributed by atoms with Crippen LogP contribution in [0.3, 0.4) is 0 Å². The van der Waals surface area contributed by atoms with E-state index in [-0.39, 0.29) is 16.8 Å². The minimum Gasteiger partial charge on any atom is -0.329 e. The fraction of sp³-hybridized carbons (Fsp3) is 0.0769. The highest BCUT2D eigenvalue weighted by Crippen LogP contribution is 2.19. The van der Waals surface area contributed by atoms with Crippen molar-refractivity contribution in [3.05, 3.63) is 63.8 Å². The van der Waals surface area contributed by atoms with Crippen LogP contribution in [0.5, 0.6) is 0 Å². The van der Waals surface area contributed by atoms with Gasteiger partial charge in [0.05, 0.1) is 5.69 Å². The Labute approximate surface area is 102 Å². The molecule has 5 heteroatoms. The molecule has 2 rings (SSSR count). The van der Waals surface area contributed by atoms with Crippen molar-refractivity contribution in [1.82, 2.24) is 4.98 Å². The number of nitrogens with one attached hydrogen (secondary N) is 2. The van der Waals surface area contributed by atoms with Crippen molar-refractivity contribution in [3.8, 4) is 0 Å². The van der Waals surface area contributed by atoms with E-state index in [1.807, 2.05) is 0 Å². The Morgan fingerprint density at radius 1 is 1.33 bits per heavy atom. The summed E-state index contributed by atoms with van der Waals surface area (Å²) in [6.07, 6.45) is 1.37. The molecule has 1 aromatic heterocycles. The van der Waals surface area contributed by atoms with Crippen LogP contribution in [-0.4, -0.2) is 10.9 Å². The number of aromatic nitrogens is 1. The van der Waals surface area contributed by atoms with E-state index in [9.17, 15) is 14.0 Å². The number of halogens is 1. The topological polar surface area (TPSA) is 62.0 Å². The standard InChI is InChI=1S/C13H11FN2O2/c1-8-3-2-4-10(14)12(8)16-13(18)9-5-6-15-11(17)7-9/h2-7H,1H3,(H,15,17)(H,16,18). The maximum absolute atomic E-state index is 13.5. The van der Waals surface area contributed by atoms with Crippen LogP contribution in [0.2, 0.25) is 0 Å². The molecule has 0 aliphatic carbocycles. The lowest BCUT2D eigenvalue weighted by Gasteiger charge is -2.08. The maximum atomic E-state index is 13.5. The van der Waals surface area contributed by atoms with Gasteiger partial charge in [-0.25, -0.2) is 4.39 Å². The van der Waals surface area contributed by atoms with E-state index < -0.39 is 11.7 Å². The fourth-order valence-corrected chi connectivity index (χ4v) is 1.56. The molecule has 0 bridgehead atoms. The second-order valence-corrected chi connectivity index (χ2v) is 3.83. The van der Waals surface area contributed by atoms with Gasteiger partial charge in [-0.1, -0.05) is 12.1 Å². The minimum absolute atomic E-state index is 0.128. The molecule has 0 spiro atoms. The molecule has 0 atom stereocenters. The van der Waals surface area contributed by atoms with Gasteiger partial charge in [-0.05, 0) is 24.6 Å². The Bertz CT molecular complexity index is 629. The molecule has 1 heterocycles. The van der Waals surface area contributed by atoms with Gasteiger partial charge in [-0.15, -0.1) is 0 Å². The van der Waals surface area contributed by atoms with Gasteiger partial charge in [-0.2, -0.15) is 0 Å². The van der Waals surface area contributed by atoms with E-state index in [0.29, 0.717) is 5.56 Å². The molecule has 0 radical (unpaired) electrons. The molecule has 0 unspecified atom stereocenters. The predicted molar refractivity (Wildman–Crippen MR) is 66.2 cm³/mol. The highest BCUT2D eigenvalue weighted by Gasteiger charge is 2.11. The number of rotatable bonds is 2. The summed E-state index contributed by atoms with van der Waals surface area (Å²) in [5, 5.41) is 2.46. The molecule has 0 saturated carbocycles. The van der Waals surface area contributed by atoms with E-state index in [1.165, 1.54) is 18.3 Å². The van der Waals surface area contributed by atoms with Crippen molar-refractivity contribution in [1.29, 1.82) is 0 Å². The third kappa shape index (κ3) is 2.45. The molecule has 0 fully saturated rings. The average molecular weight is 246 g/mol. The highest BCUT2D eigenvalue weighted by molar-refractivity contribution is 6.04. The summed E-state index contributed by atoms with van der Waals surface area (Å²) in [5.41, 5.74) is 0.547. The number of carbonyl (C=O) groups is 1. The van der Waals surface area contributed by atoms with E-state index in [0.717, 1.165) is 6.07 Å². The van der Waals surface area contributed by atoms with Crippen LogP contribution in [0.4, 0.5) is 10.1 Å². The Morgan fingerprint density at radius 3 is 2.78 bits per heavy atom. The smallest absolute Gasteiger partial charge is 0.256 e. The minimum atomic E-state index is -0.519. The molecule has 4 nitrogen and oxygen atoms in total. The van der Waals surface area contributed by atoms with Crippen LogP contribution in [0.15, 0.2) is 41.3 Å². The predicted octanol–water partition coefficient (Wildman–Crippen LogP) is 2.07. The highest BCUT2D eigenvalue weighted by atomic mass is 19.1. The number of carbonyl (C=O) groups excluding carboxylic acids is 1. The first-order valence-electron chi connectivity index (χ1n) is 5.33. The first-order chi connectivity index (χ1) is 8.58. The molecule has 2 aromatic rings. The molecule has 1 aromatic carbocycles. The van der Waals surface area contributed by atoms with Gasteiger partial charge < -0.3 is 10.3 Å². The van der Waals surface area contributed by atoms with Gasteiger partial charge >= 0.3 is 0 Å². The third-order valence-corrected chi connectivity index (χ3v) is 2.50. The Hall–Kier alpha value is -2.43. The van der Waals surface area contributed by atoms with Gasteiger partial charge in [-0.3, -0.25) is 9.59 Å². The lowest BCUT2D eigenvalue weighted by Crippen LogP contribution is -2.16. The first kappa shape index (κ1) is 12.0. The molecule has 0 saturated heterocycles. The second-order valence-electron chi connectivity index (χ2n) is 3.83. The number of benzene rings is 1. The van der Waals surface area contributed by atoms with Crippen molar-refractivity contribution >= 4 is 11.6 Å². The van der Waals surface area contributed by atoms with E-state index in [2.05, 4.69) is 10.3 Å². The summed E-state index contributed by atoms with van der Waals surface area (Å²) < 4.78 is 13.5. The van der Waals surface area contributed by atoms with Gasteiger partial charge in [0.25, 0.3) is 5.91 Å². The number of pyridine rings is 1. The number of hydrogen-bond donors (Lipinski definition) is 2. The number of amides is 1. The van der Waals surface area contributed by atoms with Crippen LogP contribution >= 0.6 is 0 Å². The zero-order valence-electron chi connectivity index (χ0n) is 9.66. The summed E-state index contributed by atoms with van der Waals surface area (Å²) in [5.74, 6) is -1.03. The number of para-hydroxylation sites is 1. The Kier molecular flexibility index (Phi) is 3.23. The summed E-state index contributed by atoms with van der Waals surface area (Å²) in [7, 11) is 0. The summed E-state index contributed by atoms with van der Waals surface area (Å²) in [6.45, 7) is 1.69. The van der Waals surface area contributed by atoms with E-state index >= 15 is 0 Å². The molecule has 18 heavy (non-hydrogen) atoms. The second kappa shape index (κ2) is 4.83. The number of anilines is 1. The summed E-state index contributed by atoms with van der Waals surface area (Å²) in [4.78, 5) is 25.3. The van der Waals surface area contributed by atoms with Crippen LogP contribution in [0, 0.1) is 12.7 Å². The molecule has 0 aliphatic rings. The average Bonchev–Trinajstić information content (AvgIpc) is 2.34. The van der Waals surface area contributed by atoms with Gasteiger partial charge in [0.15, 0.2) is 0 Å². The lowest BCUT2D eigenvalue weighted by atomic mass is 10.1. The quantitative estimate of drug-likeness (QED) is 0.852. The Balaban J connectivity index is 2.30. The zero-order valence-corrected chi connectivity index (χ0v) is 9.66. The van der Waals surface area contributed by atoms with Gasteiger partial charge in [0, 0.05) is 17.8 Å². The van der Waals surface area contributed by atoms with Crippen molar-refractivity contribution in [2.24, 2.45) is 0 Å². The van der Waals surface area contributed by atoms with Crippen LogP contribution in [0.25, 0.3) is 0 Å². The fourth-order valence-electron chi connectivity index (χ4n) is 1.56. The molecule has 1 amide bonds. The maximum Gasteiger partial charge on any atom is 0.256 e. The molecule has 2 N–H and O–H groups in total. The molecular weight excluding hydrogens is 235 g/mol. The number of aromatic amines is 1. The van der Waals surface area contributed by atoms with Crippen LogP contribution in [-0.2, 0) is 0 Å². The van der Waals surface area contributed by atoms with Crippen molar-refractivity contribution in [2.45, 2.75) is 6.92 Å². The van der Waals surface area contributed by atoms with E-state index in [4.69, 9.17) is 0 Å². The number of aryl methyl sites for hydroxylation is 1. The van der Waals surface area contributed by atoms with Crippen molar-refractivity contribution in [2.75, 3.05) is 5.32 Å².